The van der Waals surface area contributed by atoms with Gasteiger partial charge in [0.05, 0.1) is 0 Å². The summed E-state index contributed by atoms with van der Waals surface area (Å²) in [6, 6.07) is 0. The highest BCUT2D eigenvalue weighted by Gasteiger charge is 2.19. The molecular formula is C7H7F3. The van der Waals surface area contributed by atoms with Crippen molar-refractivity contribution in [3.63, 3.8) is 0 Å². The van der Waals surface area contributed by atoms with Crippen LogP contribution >= 0.6 is 0 Å². The van der Waals surface area contributed by atoms with Crippen LogP contribution in [-0.4, -0.2) is 0 Å². The predicted octanol–water partition coefficient (Wildman–Crippen LogP) is 3.03. The highest BCUT2D eigenvalue weighted by Crippen LogP contribution is 2.30. The van der Waals surface area contributed by atoms with E-state index >= 15 is 0 Å². The third-order valence-electron chi connectivity index (χ3n) is 1.38. The zero-order chi connectivity index (χ0) is 7.72. The molecule has 10 heavy (non-hydrogen) atoms. The van der Waals surface area contributed by atoms with E-state index in [9.17, 15) is 13.2 Å². The van der Waals surface area contributed by atoms with Gasteiger partial charge in [0, 0.05) is 6.42 Å². The molecule has 0 aromatic rings. The molecule has 0 N–H and O–H groups in total. The molecule has 0 heterocycles. The Kier molecular flexibility index (Phi) is 1.83. The van der Waals surface area contributed by atoms with E-state index < -0.39 is 17.5 Å². The van der Waals surface area contributed by atoms with Crippen molar-refractivity contribution in [2.75, 3.05) is 0 Å². The summed E-state index contributed by atoms with van der Waals surface area (Å²) in [5.74, 6) is -3.62. The lowest BCUT2D eigenvalue weighted by Gasteiger charge is -2.10. The van der Waals surface area contributed by atoms with Gasteiger partial charge in [-0.3, -0.25) is 0 Å². The lowest BCUT2D eigenvalue weighted by atomic mass is 10.0. The van der Waals surface area contributed by atoms with Crippen molar-refractivity contribution < 1.29 is 13.2 Å². The summed E-state index contributed by atoms with van der Waals surface area (Å²) in [6.07, 6.45) is 1.05. The molecule has 0 radical (unpaired) electrons. The van der Waals surface area contributed by atoms with Crippen molar-refractivity contribution in [3.8, 4) is 0 Å². The van der Waals surface area contributed by atoms with Crippen LogP contribution in [0.4, 0.5) is 13.2 Å². The number of halogens is 3. The Morgan fingerprint density at radius 2 is 2.00 bits per heavy atom. The molecule has 0 aromatic carbocycles. The Labute approximate surface area is 57.0 Å². The molecule has 0 saturated carbocycles. The van der Waals surface area contributed by atoms with Crippen LogP contribution in [-0.2, 0) is 0 Å². The van der Waals surface area contributed by atoms with Crippen LogP contribution in [0.3, 0.4) is 0 Å². The summed E-state index contributed by atoms with van der Waals surface area (Å²) < 4.78 is 36.8. The number of hydrogen-bond donors (Lipinski definition) is 0. The van der Waals surface area contributed by atoms with Gasteiger partial charge in [0.1, 0.15) is 5.83 Å². The summed E-state index contributed by atoms with van der Waals surface area (Å²) in [7, 11) is 0. The van der Waals surface area contributed by atoms with Gasteiger partial charge in [0.25, 0.3) is 0 Å². The van der Waals surface area contributed by atoms with E-state index in [0.29, 0.717) is 0 Å². The molecule has 0 spiro atoms. The van der Waals surface area contributed by atoms with Gasteiger partial charge in [-0.1, -0.05) is 6.92 Å². The van der Waals surface area contributed by atoms with E-state index in [-0.39, 0.29) is 12.3 Å². The van der Waals surface area contributed by atoms with Gasteiger partial charge in [0.15, 0.2) is 11.7 Å². The third-order valence-corrected chi connectivity index (χ3v) is 1.38. The molecule has 1 atom stereocenters. The highest BCUT2D eigenvalue weighted by molar-refractivity contribution is 5.26. The van der Waals surface area contributed by atoms with Crippen molar-refractivity contribution in [2.24, 2.45) is 5.92 Å². The second-order valence-corrected chi connectivity index (χ2v) is 2.41. The maximum absolute atomic E-state index is 12.3. The van der Waals surface area contributed by atoms with Crippen LogP contribution in [0.25, 0.3) is 0 Å². The van der Waals surface area contributed by atoms with Crippen molar-refractivity contribution in [1.29, 1.82) is 0 Å². The quantitative estimate of drug-likeness (QED) is 0.495. The van der Waals surface area contributed by atoms with Gasteiger partial charge in [-0.2, -0.15) is 0 Å². The molecule has 0 aliphatic heterocycles. The van der Waals surface area contributed by atoms with Crippen LogP contribution < -0.4 is 0 Å². The fourth-order valence-electron chi connectivity index (χ4n) is 0.884. The Hall–Kier alpha value is -0.730. The monoisotopic (exact) mass is 148 g/mol. The first-order valence-corrected chi connectivity index (χ1v) is 3.03. The first-order chi connectivity index (χ1) is 4.61. The van der Waals surface area contributed by atoms with Gasteiger partial charge in [-0.05, 0) is 12.0 Å². The van der Waals surface area contributed by atoms with Gasteiger partial charge >= 0.3 is 0 Å². The SMILES string of the molecule is CC1C=C(F)C(F)=C(F)C1. The van der Waals surface area contributed by atoms with Gasteiger partial charge in [-0.15, -0.1) is 0 Å². The van der Waals surface area contributed by atoms with Gasteiger partial charge in [-0.25, -0.2) is 13.2 Å². The molecule has 1 aliphatic carbocycles. The molecular weight excluding hydrogens is 141 g/mol. The zero-order valence-corrected chi connectivity index (χ0v) is 5.50. The van der Waals surface area contributed by atoms with Crippen molar-refractivity contribution in [1.82, 2.24) is 0 Å². The lowest BCUT2D eigenvalue weighted by molar-refractivity contribution is 0.433. The van der Waals surface area contributed by atoms with E-state index in [2.05, 4.69) is 0 Å². The molecule has 1 rings (SSSR count). The molecule has 0 bridgehead atoms. The molecule has 1 unspecified atom stereocenters. The standard InChI is InChI=1S/C7H7F3/c1-4-2-5(8)7(10)6(9)3-4/h2,4H,3H2,1H3. The highest BCUT2D eigenvalue weighted by atomic mass is 19.2. The van der Waals surface area contributed by atoms with E-state index in [1.165, 1.54) is 0 Å². The summed E-state index contributed by atoms with van der Waals surface area (Å²) in [5, 5.41) is 0. The summed E-state index contributed by atoms with van der Waals surface area (Å²) in [4.78, 5) is 0. The summed E-state index contributed by atoms with van der Waals surface area (Å²) in [5.41, 5.74) is 0. The maximum Gasteiger partial charge on any atom is 0.189 e. The minimum Gasteiger partial charge on any atom is -0.208 e. The maximum atomic E-state index is 12.3. The van der Waals surface area contributed by atoms with E-state index in [4.69, 9.17) is 0 Å². The second-order valence-electron chi connectivity index (χ2n) is 2.41. The number of hydrogen-bond acceptors (Lipinski definition) is 0. The molecule has 0 fully saturated rings. The molecule has 56 valence electrons. The van der Waals surface area contributed by atoms with Crippen molar-refractivity contribution in [3.05, 3.63) is 23.6 Å². The van der Waals surface area contributed by atoms with Gasteiger partial charge < -0.3 is 0 Å². The Morgan fingerprint density at radius 3 is 2.50 bits per heavy atom. The predicted molar refractivity (Wildman–Crippen MR) is 32.2 cm³/mol. The molecule has 0 amide bonds. The normalized spacial score (nSPS) is 26.8. The van der Waals surface area contributed by atoms with Gasteiger partial charge in [0.2, 0.25) is 0 Å². The van der Waals surface area contributed by atoms with E-state index in [1.807, 2.05) is 0 Å². The Bertz CT molecular complexity index is 203. The minimum absolute atomic E-state index is 0.0285. The smallest absolute Gasteiger partial charge is 0.189 e. The molecule has 3 heteroatoms. The molecule has 0 saturated heterocycles. The van der Waals surface area contributed by atoms with Crippen LogP contribution in [0.5, 0.6) is 0 Å². The lowest BCUT2D eigenvalue weighted by Crippen LogP contribution is -1.99. The second kappa shape index (κ2) is 2.48. The van der Waals surface area contributed by atoms with Crippen LogP contribution in [0.2, 0.25) is 0 Å². The van der Waals surface area contributed by atoms with E-state index in [0.717, 1.165) is 6.08 Å². The molecule has 1 aliphatic rings. The fraction of sp³-hybridized carbons (Fsp3) is 0.429. The number of rotatable bonds is 0. The first-order valence-electron chi connectivity index (χ1n) is 3.03. The largest absolute Gasteiger partial charge is 0.208 e. The number of allylic oxidation sites excluding steroid dienone is 4. The first kappa shape index (κ1) is 7.38. The average Bonchev–Trinajstić information content (AvgIpc) is 1.82. The molecule has 0 aromatic heterocycles. The summed E-state index contributed by atoms with van der Waals surface area (Å²) >= 11 is 0. The molecule has 0 nitrogen and oxygen atoms in total. The summed E-state index contributed by atoms with van der Waals surface area (Å²) in [6.45, 7) is 1.63. The Morgan fingerprint density at radius 1 is 1.40 bits per heavy atom. The van der Waals surface area contributed by atoms with Crippen molar-refractivity contribution in [2.45, 2.75) is 13.3 Å². The topological polar surface area (TPSA) is 0 Å². The van der Waals surface area contributed by atoms with Crippen LogP contribution in [0.1, 0.15) is 13.3 Å². The third kappa shape index (κ3) is 1.23. The van der Waals surface area contributed by atoms with Crippen molar-refractivity contribution >= 4 is 0 Å². The van der Waals surface area contributed by atoms with Crippen LogP contribution in [0, 0.1) is 5.92 Å². The zero-order valence-electron chi connectivity index (χ0n) is 5.50. The Balaban J connectivity index is 2.90. The average molecular weight is 148 g/mol. The van der Waals surface area contributed by atoms with E-state index in [1.54, 1.807) is 6.92 Å². The van der Waals surface area contributed by atoms with Crippen LogP contribution in [0.15, 0.2) is 23.6 Å². The minimum atomic E-state index is -1.34. The fourth-order valence-corrected chi connectivity index (χ4v) is 0.884.